The molecule has 0 saturated carbocycles. The first-order chi connectivity index (χ1) is 4.20. The molecule has 0 bridgehead atoms. The summed E-state index contributed by atoms with van der Waals surface area (Å²) in [6.07, 6.45) is -0.167. The summed E-state index contributed by atoms with van der Waals surface area (Å²) >= 11 is 3.67. The zero-order valence-corrected chi connectivity index (χ0v) is 5.98. The van der Waals surface area contributed by atoms with Crippen molar-refractivity contribution in [2.75, 3.05) is 12.9 Å². The van der Waals surface area contributed by atoms with Gasteiger partial charge in [0.2, 0.25) is 0 Å². The second kappa shape index (κ2) is 4.38. The molecule has 0 radical (unpaired) electrons. The molecule has 4 heteroatoms. The molecule has 0 amide bonds. The first-order valence-corrected chi connectivity index (χ1v) is 3.03. The van der Waals surface area contributed by atoms with Crippen molar-refractivity contribution < 1.29 is 14.3 Å². The van der Waals surface area contributed by atoms with Crippen molar-refractivity contribution in [3.63, 3.8) is 0 Å². The van der Waals surface area contributed by atoms with Crippen molar-refractivity contribution in [2.24, 2.45) is 0 Å². The molecule has 0 aliphatic rings. The first-order valence-electron chi connectivity index (χ1n) is 2.40. The number of hydrogen-bond donors (Lipinski definition) is 1. The Kier molecular flexibility index (Phi) is 4.13. The Balaban J connectivity index is 3.47. The third-order valence-electron chi connectivity index (χ3n) is 0.746. The van der Waals surface area contributed by atoms with E-state index in [1.807, 2.05) is 0 Å². The number of Topliss-reactive ketones (excluding diaryl/α,β-unsaturated/α-hetero) is 1. The normalized spacial score (nSPS) is 8.67. The second-order valence-electron chi connectivity index (χ2n) is 1.45. The molecule has 0 unspecified atom stereocenters. The predicted molar refractivity (Wildman–Crippen MR) is 35.5 cm³/mol. The van der Waals surface area contributed by atoms with E-state index in [4.69, 9.17) is 0 Å². The largest absolute Gasteiger partial charge is 0.469 e. The van der Waals surface area contributed by atoms with Gasteiger partial charge in [-0.05, 0) is 0 Å². The summed E-state index contributed by atoms with van der Waals surface area (Å²) in [5.41, 5.74) is 0. The maximum atomic E-state index is 10.4. The van der Waals surface area contributed by atoms with Gasteiger partial charge in [0.1, 0.15) is 6.42 Å². The maximum Gasteiger partial charge on any atom is 0.313 e. The van der Waals surface area contributed by atoms with Crippen LogP contribution in [0.15, 0.2) is 0 Å². The Morgan fingerprint density at radius 3 is 2.44 bits per heavy atom. The summed E-state index contributed by atoms with van der Waals surface area (Å²) in [4.78, 5) is 20.7. The van der Waals surface area contributed by atoms with Crippen LogP contribution in [-0.2, 0) is 14.3 Å². The van der Waals surface area contributed by atoms with Gasteiger partial charge in [0.15, 0.2) is 5.78 Å². The van der Waals surface area contributed by atoms with E-state index in [-0.39, 0.29) is 18.0 Å². The van der Waals surface area contributed by atoms with Gasteiger partial charge in [-0.2, -0.15) is 12.6 Å². The molecule has 0 rings (SSSR count). The van der Waals surface area contributed by atoms with Gasteiger partial charge in [0.05, 0.1) is 7.11 Å². The number of hydrogen-bond acceptors (Lipinski definition) is 4. The summed E-state index contributed by atoms with van der Waals surface area (Å²) in [5.74, 6) is -0.631. The molecule has 52 valence electrons. The van der Waals surface area contributed by atoms with E-state index in [1.54, 1.807) is 0 Å². The van der Waals surface area contributed by atoms with Crippen LogP contribution in [0.1, 0.15) is 6.42 Å². The van der Waals surface area contributed by atoms with Crippen LogP contribution < -0.4 is 0 Å². The Hall–Kier alpha value is -0.510. The van der Waals surface area contributed by atoms with E-state index in [2.05, 4.69) is 17.4 Å². The summed E-state index contributed by atoms with van der Waals surface area (Å²) in [6, 6.07) is 0. The third-order valence-corrected chi connectivity index (χ3v) is 1.10. The quantitative estimate of drug-likeness (QED) is 0.349. The fourth-order valence-corrected chi connectivity index (χ4v) is 0.401. The van der Waals surface area contributed by atoms with E-state index >= 15 is 0 Å². The van der Waals surface area contributed by atoms with Gasteiger partial charge in [0, 0.05) is 5.75 Å². The molecule has 0 aromatic heterocycles. The molecule has 0 fully saturated rings. The summed E-state index contributed by atoms with van der Waals surface area (Å²) in [5, 5.41) is 0. The molecular weight excluding hydrogens is 140 g/mol. The Labute approximate surface area is 58.8 Å². The van der Waals surface area contributed by atoms with Crippen LogP contribution in [0.5, 0.6) is 0 Å². The van der Waals surface area contributed by atoms with Crippen LogP contribution in [0.25, 0.3) is 0 Å². The molecule has 0 spiro atoms. The number of ketones is 1. The average molecular weight is 148 g/mol. The number of carbonyl (C=O) groups is 2. The van der Waals surface area contributed by atoms with Crippen molar-refractivity contribution in [3.05, 3.63) is 0 Å². The molecule has 0 heterocycles. The standard InChI is InChI=1S/C5H8O3S/c1-8-5(7)2-4(6)3-9/h9H,2-3H2,1H3. The summed E-state index contributed by atoms with van der Waals surface area (Å²) in [7, 11) is 1.24. The van der Waals surface area contributed by atoms with Crippen LogP contribution in [0.4, 0.5) is 0 Å². The van der Waals surface area contributed by atoms with Crippen LogP contribution in [0.2, 0.25) is 0 Å². The lowest BCUT2D eigenvalue weighted by Gasteiger charge is -1.93. The average Bonchev–Trinajstić information content (AvgIpc) is 1.87. The molecule has 0 aromatic rings. The van der Waals surface area contributed by atoms with Gasteiger partial charge >= 0.3 is 5.97 Å². The van der Waals surface area contributed by atoms with Crippen molar-refractivity contribution in [1.29, 1.82) is 0 Å². The minimum Gasteiger partial charge on any atom is -0.469 e. The maximum absolute atomic E-state index is 10.4. The fourth-order valence-electron chi connectivity index (χ4n) is 0.289. The zero-order chi connectivity index (χ0) is 7.28. The molecule has 0 aromatic carbocycles. The first kappa shape index (κ1) is 8.49. The number of carbonyl (C=O) groups excluding carboxylic acids is 2. The van der Waals surface area contributed by atoms with Gasteiger partial charge in [0.25, 0.3) is 0 Å². The monoisotopic (exact) mass is 148 g/mol. The lowest BCUT2D eigenvalue weighted by molar-refractivity contribution is -0.142. The van der Waals surface area contributed by atoms with E-state index in [0.717, 1.165) is 0 Å². The molecule has 0 aliphatic carbocycles. The molecule has 0 saturated heterocycles. The lowest BCUT2D eigenvalue weighted by Crippen LogP contribution is -2.09. The van der Waals surface area contributed by atoms with Gasteiger partial charge in [-0.25, -0.2) is 0 Å². The van der Waals surface area contributed by atoms with Crippen molar-refractivity contribution in [3.8, 4) is 0 Å². The van der Waals surface area contributed by atoms with E-state index in [9.17, 15) is 9.59 Å². The van der Waals surface area contributed by atoms with Gasteiger partial charge in [-0.15, -0.1) is 0 Å². The van der Waals surface area contributed by atoms with Gasteiger partial charge in [-0.3, -0.25) is 9.59 Å². The predicted octanol–water partition coefficient (Wildman–Crippen LogP) is 0.0484. The fraction of sp³-hybridized carbons (Fsp3) is 0.600. The summed E-state index contributed by atoms with van der Waals surface area (Å²) < 4.78 is 4.23. The van der Waals surface area contributed by atoms with Crippen molar-refractivity contribution in [1.82, 2.24) is 0 Å². The number of ether oxygens (including phenoxy) is 1. The van der Waals surface area contributed by atoms with Gasteiger partial charge < -0.3 is 4.74 Å². The highest BCUT2D eigenvalue weighted by Crippen LogP contribution is 1.88. The zero-order valence-electron chi connectivity index (χ0n) is 5.09. The molecule has 0 N–H and O–H groups in total. The van der Waals surface area contributed by atoms with Crippen LogP contribution in [0, 0.1) is 0 Å². The van der Waals surface area contributed by atoms with Crippen molar-refractivity contribution >= 4 is 24.4 Å². The minimum absolute atomic E-state index is 0.0924. The highest BCUT2D eigenvalue weighted by atomic mass is 32.1. The SMILES string of the molecule is COC(=O)CC(=O)CS. The van der Waals surface area contributed by atoms with Crippen molar-refractivity contribution in [2.45, 2.75) is 6.42 Å². The summed E-state index contributed by atoms with van der Waals surface area (Å²) in [6.45, 7) is 0. The van der Waals surface area contributed by atoms with E-state index < -0.39 is 5.97 Å². The molecule has 0 atom stereocenters. The highest BCUT2D eigenvalue weighted by molar-refractivity contribution is 7.81. The number of esters is 1. The van der Waals surface area contributed by atoms with E-state index in [1.165, 1.54) is 7.11 Å². The highest BCUT2D eigenvalue weighted by Gasteiger charge is 2.05. The van der Waals surface area contributed by atoms with Crippen LogP contribution in [-0.4, -0.2) is 24.6 Å². The number of thiol groups is 1. The second-order valence-corrected chi connectivity index (χ2v) is 1.77. The topological polar surface area (TPSA) is 43.4 Å². The number of methoxy groups -OCH3 is 1. The smallest absolute Gasteiger partial charge is 0.313 e. The Morgan fingerprint density at radius 1 is 1.56 bits per heavy atom. The van der Waals surface area contributed by atoms with Crippen LogP contribution >= 0.6 is 12.6 Å². The molecular formula is C5H8O3S. The van der Waals surface area contributed by atoms with Crippen LogP contribution in [0.3, 0.4) is 0 Å². The molecule has 9 heavy (non-hydrogen) atoms. The molecule has 0 aliphatic heterocycles. The number of rotatable bonds is 3. The van der Waals surface area contributed by atoms with Gasteiger partial charge in [-0.1, -0.05) is 0 Å². The third kappa shape index (κ3) is 4.02. The Bertz CT molecular complexity index is 107. The minimum atomic E-state index is -0.506. The molecule has 3 nitrogen and oxygen atoms in total. The Morgan fingerprint density at radius 2 is 2.11 bits per heavy atom. The van der Waals surface area contributed by atoms with E-state index in [0.29, 0.717) is 0 Å². The lowest BCUT2D eigenvalue weighted by atomic mass is 10.3.